The molecule has 0 aromatic heterocycles. The Kier molecular flexibility index (Phi) is 4.18. The second-order valence-corrected chi connectivity index (χ2v) is 7.40. The van der Waals surface area contributed by atoms with Gasteiger partial charge in [-0.1, -0.05) is 19.8 Å². The summed E-state index contributed by atoms with van der Waals surface area (Å²) in [4.78, 5) is 0. The van der Waals surface area contributed by atoms with Gasteiger partial charge in [-0.2, -0.15) is 0 Å². The maximum absolute atomic E-state index is 11.1. The van der Waals surface area contributed by atoms with Crippen LogP contribution in [-0.4, -0.2) is 31.1 Å². The molecule has 0 amide bonds. The Morgan fingerprint density at radius 3 is 2.60 bits per heavy atom. The summed E-state index contributed by atoms with van der Waals surface area (Å²) in [5.74, 6) is 0.773. The topological polar surface area (TPSA) is 54.4 Å². The van der Waals surface area contributed by atoms with E-state index in [-0.39, 0.29) is 5.75 Å². The van der Waals surface area contributed by atoms with E-state index in [0.717, 1.165) is 32.1 Å². The molecule has 3 nitrogen and oxygen atoms in total. The molecule has 0 spiro atoms. The largest absolute Gasteiger partial charge is 0.390 e. The Morgan fingerprint density at radius 2 is 2.00 bits per heavy atom. The molecule has 1 rings (SSSR count). The van der Waals surface area contributed by atoms with Crippen molar-refractivity contribution < 1.29 is 13.5 Å². The first-order valence-electron chi connectivity index (χ1n) is 5.71. The lowest BCUT2D eigenvalue weighted by atomic mass is 9.91. The molecule has 1 N–H and O–H groups in total. The van der Waals surface area contributed by atoms with E-state index in [1.54, 1.807) is 0 Å². The average Bonchev–Trinajstić information content (AvgIpc) is 2.26. The van der Waals surface area contributed by atoms with Crippen LogP contribution in [0.3, 0.4) is 0 Å². The summed E-state index contributed by atoms with van der Waals surface area (Å²) >= 11 is 0. The summed E-state index contributed by atoms with van der Waals surface area (Å²) in [7, 11) is -2.95. The zero-order valence-electron chi connectivity index (χ0n) is 9.70. The molecule has 2 atom stereocenters. The third-order valence-electron chi connectivity index (χ3n) is 3.38. The van der Waals surface area contributed by atoms with Gasteiger partial charge in [0, 0.05) is 6.26 Å². The Balaban J connectivity index is 2.50. The van der Waals surface area contributed by atoms with Gasteiger partial charge in [0.15, 0.2) is 0 Å². The summed E-state index contributed by atoms with van der Waals surface area (Å²) in [6.07, 6.45) is 6.33. The zero-order chi connectivity index (χ0) is 11.5. The number of sulfone groups is 1. The Morgan fingerprint density at radius 1 is 1.33 bits per heavy atom. The number of hydrogen-bond acceptors (Lipinski definition) is 3. The van der Waals surface area contributed by atoms with Crippen molar-refractivity contribution in [2.24, 2.45) is 5.92 Å². The molecular formula is C11H22O3S. The van der Waals surface area contributed by atoms with Crippen molar-refractivity contribution in [1.29, 1.82) is 0 Å². The maximum atomic E-state index is 11.1. The van der Waals surface area contributed by atoms with Crippen LogP contribution in [-0.2, 0) is 9.84 Å². The molecule has 4 heteroatoms. The minimum Gasteiger partial charge on any atom is -0.390 e. The van der Waals surface area contributed by atoms with Crippen LogP contribution in [0.25, 0.3) is 0 Å². The van der Waals surface area contributed by atoms with Crippen LogP contribution in [0.5, 0.6) is 0 Å². The molecule has 0 aromatic carbocycles. The molecule has 0 saturated heterocycles. The molecule has 1 saturated carbocycles. The van der Waals surface area contributed by atoms with Gasteiger partial charge in [0.1, 0.15) is 9.84 Å². The summed E-state index contributed by atoms with van der Waals surface area (Å²) in [5.41, 5.74) is -0.728. The predicted molar refractivity (Wildman–Crippen MR) is 61.5 cm³/mol. The van der Waals surface area contributed by atoms with Crippen molar-refractivity contribution >= 4 is 9.84 Å². The quantitative estimate of drug-likeness (QED) is 0.757. The van der Waals surface area contributed by atoms with Crippen LogP contribution in [0.4, 0.5) is 0 Å². The van der Waals surface area contributed by atoms with Crippen LogP contribution < -0.4 is 0 Å². The molecule has 0 aliphatic heterocycles. The molecule has 0 aromatic rings. The van der Waals surface area contributed by atoms with E-state index < -0.39 is 15.4 Å². The van der Waals surface area contributed by atoms with Crippen molar-refractivity contribution in [2.45, 2.75) is 51.0 Å². The fourth-order valence-electron chi connectivity index (χ4n) is 2.19. The Hall–Kier alpha value is -0.0900. The van der Waals surface area contributed by atoms with Gasteiger partial charge in [0.05, 0.1) is 11.4 Å². The first-order chi connectivity index (χ1) is 6.81. The molecule has 1 fully saturated rings. The Bertz CT molecular complexity index is 297. The fraction of sp³-hybridized carbons (Fsp3) is 1.00. The van der Waals surface area contributed by atoms with Crippen molar-refractivity contribution in [1.82, 2.24) is 0 Å². The van der Waals surface area contributed by atoms with Crippen LogP contribution in [0.2, 0.25) is 0 Å². The number of aliphatic hydroxyl groups is 1. The summed E-state index contributed by atoms with van der Waals surface area (Å²) in [5, 5.41) is 10.3. The van der Waals surface area contributed by atoms with Crippen molar-refractivity contribution in [3.8, 4) is 0 Å². The molecule has 0 radical (unpaired) electrons. The van der Waals surface area contributed by atoms with Gasteiger partial charge < -0.3 is 5.11 Å². The zero-order valence-corrected chi connectivity index (χ0v) is 10.5. The van der Waals surface area contributed by atoms with Gasteiger partial charge in [-0.05, 0) is 31.6 Å². The SMILES string of the molecule is CC1CCCC(O)(CCS(C)(=O)=O)CC1. The van der Waals surface area contributed by atoms with E-state index in [1.165, 1.54) is 6.26 Å². The molecule has 90 valence electrons. The third-order valence-corrected chi connectivity index (χ3v) is 4.33. The van der Waals surface area contributed by atoms with E-state index in [2.05, 4.69) is 6.92 Å². The molecule has 1 aliphatic rings. The van der Waals surface area contributed by atoms with Crippen molar-refractivity contribution in [3.05, 3.63) is 0 Å². The van der Waals surface area contributed by atoms with Gasteiger partial charge in [-0.25, -0.2) is 8.42 Å². The molecule has 0 bridgehead atoms. The lowest BCUT2D eigenvalue weighted by Crippen LogP contribution is -2.30. The molecule has 0 heterocycles. The molecule has 2 unspecified atom stereocenters. The smallest absolute Gasteiger partial charge is 0.147 e. The minimum absolute atomic E-state index is 0.109. The fourth-order valence-corrected chi connectivity index (χ4v) is 2.94. The summed E-state index contributed by atoms with van der Waals surface area (Å²) in [6, 6.07) is 0. The van der Waals surface area contributed by atoms with Crippen LogP contribution in [0, 0.1) is 5.92 Å². The highest BCUT2D eigenvalue weighted by Gasteiger charge is 2.30. The van der Waals surface area contributed by atoms with E-state index >= 15 is 0 Å². The molecule has 15 heavy (non-hydrogen) atoms. The van der Waals surface area contributed by atoms with Crippen LogP contribution >= 0.6 is 0 Å². The molecular weight excluding hydrogens is 212 g/mol. The van der Waals surface area contributed by atoms with E-state index in [9.17, 15) is 13.5 Å². The van der Waals surface area contributed by atoms with Gasteiger partial charge in [-0.15, -0.1) is 0 Å². The van der Waals surface area contributed by atoms with E-state index in [1.807, 2.05) is 0 Å². The first-order valence-corrected chi connectivity index (χ1v) is 7.77. The average molecular weight is 234 g/mol. The Labute approximate surface area is 92.8 Å². The highest BCUT2D eigenvalue weighted by Crippen LogP contribution is 2.32. The van der Waals surface area contributed by atoms with E-state index in [0.29, 0.717) is 12.3 Å². The van der Waals surface area contributed by atoms with Crippen molar-refractivity contribution in [2.75, 3.05) is 12.0 Å². The second kappa shape index (κ2) is 4.83. The summed E-state index contributed by atoms with van der Waals surface area (Å²) in [6.45, 7) is 2.20. The lowest BCUT2D eigenvalue weighted by molar-refractivity contribution is 0.0210. The van der Waals surface area contributed by atoms with Gasteiger partial charge in [0.2, 0.25) is 0 Å². The number of hydrogen-bond donors (Lipinski definition) is 1. The minimum atomic E-state index is -2.95. The second-order valence-electron chi connectivity index (χ2n) is 5.14. The number of rotatable bonds is 3. The maximum Gasteiger partial charge on any atom is 0.147 e. The monoisotopic (exact) mass is 234 g/mol. The van der Waals surface area contributed by atoms with Crippen LogP contribution in [0.1, 0.15) is 45.4 Å². The van der Waals surface area contributed by atoms with Gasteiger partial charge in [0.25, 0.3) is 0 Å². The lowest BCUT2D eigenvalue weighted by Gasteiger charge is -2.26. The van der Waals surface area contributed by atoms with Gasteiger partial charge >= 0.3 is 0 Å². The highest BCUT2D eigenvalue weighted by atomic mass is 32.2. The van der Waals surface area contributed by atoms with Gasteiger partial charge in [-0.3, -0.25) is 0 Å². The predicted octanol–water partition coefficient (Wildman–Crippen LogP) is 1.75. The van der Waals surface area contributed by atoms with Crippen LogP contribution in [0.15, 0.2) is 0 Å². The summed E-state index contributed by atoms with van der Waals surface area (Å²) < 4.78 is 22.1. The first kappa shape index (κ1) is 13.0. The highest BCUT2D eigenvalue weighted by molar-refractivity contribution is 7.90. The normalized spacial score (nSPS) is 33.7. The molecule has 1 aliphatic carbocycles. The third kappa shape index (κ3) is 4.98. The van der Waals surface area contributed by atoms with Crippen molar-refractivity contribution in [3.63, 3.8) is 0 Å². The van der Waals surface area contributed by atoms with E-state index in [4.69, 9.17) is 0 Å². The standard InChI is InChI=1S/C11H22O3S/c1-10-4-3-6-11(12,7-5-10)8-9-15(2,13)14/h10,12H,3-9H2,1-2H3.